The Labute approximate surface area is 237 Å². The van der Waals surface area contributed by atoms with Gasteiger partial charge in [0.1, 0.15) is 33.0 Å². The summed E-state index contributed by atoms with van der Waals surface area (Å²) in [6.07, 6.45) is 3.64. The molecule has 0 aliphatic carbocycles. The lowest BCUT2D eigenvalue weighted by atomic mass is 10.2. The number of hydrogen-bond acceptors (Lipinski definition) is 3. The molecule has 6 nitrogen and oxygen atoms in total. The van der Waals surface area contributed by atoms with Gasteiger partial charge in [0, 0.05) is 26.7 Å². The van der Waals surface area contributed by atoms with Crippen molar-refractivity contribution in [3.8, 4) is 0 Å². The van der Waals surface area contributed by atoms with Crippen LogP contribution in [0.15, 0.2) is 106 Å². The van der Waals surface area contributed by atoms with Crippen LogP contribution in [0.3, 0.4) is 0 Å². The largest absolute Gasteiger partial charge is 0.237 e. The van der Waals surface area contributed by atoms with Crippen molar-refractivity contribution in [1.29, 1.82) is 0 Å². The Kier molecular flexibility index (Phi) is 17.1. The Morgan fingerprint density at radius 3 is 1.42 bits per heavy atom. The fraction of sp³-hybridized carbons (Fsp3) is 0.379. The van der Waals surface area contributed by atoms with Gasteiger partial charge < -0.3 is 0 Å². The lowest BCUT2D eigenvalue weighted by Crippen LogP contribution is -2.31. The van der Waals surface area contributed by atoms with Crippen LogP contribution >= 0.6 is 0 Å². The Morgan fingerprint density at radius 1 is 0.632 bits per heavy atom. The second-order valence-electron chi connectivity index (χ2n) is 8.43. The molecule has 0 saturated carbocycles. The standard InChI is InChI=1S/C11H15NOS.C9H13NOS.C8H11NOS.CH4/c13-14(11-7-3-1-4-8-11)12-9-5-2-6-10-12;1-3-10(2)12(11)9-7-5-4-6-8-9;1-9(2)11(10)8-6-4-3-5-7-8;/h1,3-4,7-8H,2,5-6,9-10H2;4-8H,3H2,1-2H3;3-7H,1-2H3;1H4. The van der Waals surface area contributed by atoms with Crippen LogP contribution in [0.4, 0.5) is 0 Å². The zero-order valence-corrected chi connectivity index (χ0v) is 24.6. The summed E-state index contributed by atoms with van der Waals surface area (Å²) in [7, 11) is 2.51. The molecule has 1 saturated heterocycles. The van der Waals surface area contributed by atoms with E-state index < -0.39 is 33.0 Å². The van der Waals surface area contributed by atoms with Crippen molar-refractivity contribution >= 4 is 33.0 Å². The Balaban J connectivity index is 0.000000284. The molecule has 9 heteroatoms. The molecule has 0 amide bonds. The van der Waals surface area contributed by atoms with E-state index in [4.69, 9.17) is 0 Å². The van der Waals surface area contributed by atoms with E-state index in [1.165, 1.54) is 19.3 Å². The molecule has 3 atom stereocenters. The van der Waals surface area contributed by atoms with Gasteiger partial charge in [0.05, 0.1) is 14.7 Å². The van der Waals surface area contributed by atoms with Crippen molar-refractivity contribution in [2.45, 2.75) is 48.3 Å². The first-order chi connectivity index (χ1) is 17.8. The average molecular weight is 578 g/mol. The molecule has 1 fully saturated rings. The Morgan fingerprint density at radius 2 is 1.03 bits per heavy atom. The summed E-state index contributed by atoms with van der Waals surface area (Å²) in [5.41, 5.74) is 0. The van der Waals surface area contributed by atoms with Crippen LogP contribution in [-0.2, 0) is 33.0 Å². The number of rotatable bonds is 7. The van der Waals surface area contributed by atoms with Crippen molar-refractivity contribution < 1.29 is 12.6 Å². The monoisotopic (exact) mass is 577 g/mol. The van der Waals surface area contributed by atoms with Gasteiger partial charge in [-0.3, -0.25) is 0 Å². The van der Waals surface area contributed by atoms with Crippen LogP contribution in [0, 0.1) is 0 Å². The highest BCUT2D eigenvalue weighted by molar-refractivity contribution is 7.83. The zero-order valence-electron chi connectivity index (χ0n) is 22.2. The molecule has 3 unspecified atom stereocenters. The molecule has 4 rings (SSSR count). The first kappa shape index (κ1) is 34.0. The maximum absolute atomic E-state index is 12.0. The van der Waals surface area contributed by atoms with E-state index in [9.17, 15) is 12.6 Å². The van der Waals surface area contributed by atoms with Gasteiger partial charge in [-0.25, -0.2) is 25.5 Å². The average Bonchev–Trinajstić information content (AvgIpc) is 2.98. The van der Waals surface area contributed by atoms with Gasteiger partial charge in [-0.2, -0.15) is 0 Å². The lowest BCUT2D eigenvalue weighted by Gasteiger charge is -2.24. The highest BCUT2D eigenvalue weighted by Gasteiger charge is 2.17. The fourth-order valence-electron chi connectivity index (χ4n) is 3.30. The minimum Gasteiger partial charge on any atom is -0.237 e. The fourth-order valence-corrected chi connectivity index (χ4v) is 6.37. The minimum atomic E-state index is -1.00. The summed E-state index contributed by atoms with van der Waals surface area (Å²) in [4.78, 5) is 2.63. The summed E-state index contributed by atoms with van der Waals surface area (Å²) >= 11 is 0. The summed E-state index contributed by atoms with van der Waals surface area (Å²) in [5.74, 6) is 0. The number of nitrogens with zero attached hydrogens (tertiary/aromatic N) is 3. The van der Waals surface area contributed by atoms with Crippen molar-refractivity contribution in [2.24, 2.45) is 0 Å². The molecular formula is C29H43N3O3S3. The Bertz CT molecular complexity index is 1100. The van der Waals surface area contributed by atoms with Crippen molar-refractivity contribution in [3.05, 3.63) is 91.0 Å². The van der Waals surface area contributed by atoms with Gasteiger partial charge in [-0.1, -0.05) is 75.4 Å². The van der Waals surface area contributed by atoms with Gasteiger partial charge in [0.25, 0.3) is 0 Å². The number of benzene rings is 3. The van der Waals surface area contributed by atoms with E-state index in [2.05, 4.69) is 4.31 Å². The van der Waals surface area contributed by atoms with Gasteiger partial charge in [-0.05, 0) is 63.3 Å². The molecule has 1 aliphatic rings. The van der Waals surface area contributed by atoms with Gasteiger partial charge >= 0.3 is 0 Å². The predicted molar refractivity (Wildman–Crippen MR) is 163 cm³/mol. The summed E-state index contributed by atoms with van der Waals surface area (Å²) in [5, 5.41) is 0. The van der Waals surface area contributed by atoms with Crippen LogP contribution in [0.25, 0.3) is 0 Å². The molecule has 210 valence electrons. The van der Waals surface area contributed by atoms with E-state index in [0.29, 0.717) is 0 Å². The smallest absolute Gasteiger partial charge is 0.127 e. The minimum absolute atomic E-state index is 0. The first-order valence-corrected chi connectivity index (χ1v) is 15.7. The molecule has 0 aromatic heterocycles. The highest BCUT2D eigenvalue weighted by Crippen LogP contribution is 2.16. The molecule has 0 N–H and O–H groups in total. The van der Waals surface area contributed by atoms with E-state index in [-0.39, 0.29) is 7.43 Å². The predicted octanol–water partition coefficient (Wildman–Crippen LogP) is 5.76. The maximum atomic E-state index is 12.0. The second kappa shape index (κ2) is 19.1. The van der Waals surface area contributed by atoms with Crippen LogP contribution < -0.4 is 0 Å². The summed E-state index contributed by atoms with van der Waals surface area (Å²) in [6, 6.07) is 28.6. The van der Waals surface area contributed by atoms with Gasteiger partial charge in [-0.15, -0.1) is 0 Å². The molecule has 38 heavy (non-hydrogen) atoms. The van der Waals surface area contributed by atoms with E-state index in [1.54, 1.807) is 22.7 Å². The molecule has 1 aliphatic heterocycles. The molecule has 3 aromatic rings. The van der Waals surface area contributed by atoms with E-state index in [0.717, 1.165) is 34.3 Å². The van der Waals surface area contributed by atoms with Crippen LogP contribution in [0.2, 0.25) is 0 Å². The van der Waals surface area contributed by atoms with Crippen molar-refractivity contribution in [3.63, 3.8) is 0 Å². The van der Waals surface area contributed by atoms with E-state index >= 15 is 0 Å². The third kappa shape index (κ3) is 11.8. The highest BCUT2D eigenvalue weighted by atomic mass is 32.2. The Hall–Kier alpha value is -2.01. The SMILES string of the molecule is C.CCN(C)S(=O)c1ccccc1.CN(C)S(=O)c1ccccc1.O=S(c1ccccc1)N1CCCCC1. The molecule has 0 radical (unpaired) electrons. The zero-order chi connectivity index (χ0) is 27.0. The number of hydrogen-bond donors (Lipinski definition) is 0. The molecule has 1 heterocycles. The quantitative estimate of drug-likeness (QED) is 0.359. The van der Waals surface area contributed by atoms with Gasteiger partial charge in [0.15, 0.2) is 0 Å². The molecule has 0 bridgehead atoms. The molecule has 3 aromatic carbocycles. The number of piperidine rings is 1. The second-order valence-corrected chi connectivity index (χ2v) is 13.2. The van der Waals surface area contributed by atoms with Crippen molar-refractivity contribution in [2.75, 3.05) is 40.8 Å². The molecule has 0 spiro atoms. The van der Waals surface area contributed by atoms with Crippen LogP contribution in [-0.4, -0.2) is 66.3 Å². The summed E-state index contributed by atoms with van der Waals surface area (Å²) < 4.78 is 40.6. The summed E-state index contributed by atoms with van der Waals surface area (Å²) in [6.45, 7) is 4.73. The van der Waals surface area contributed by atoms with Gasteiger partial charge in [0.2, 0.25) is 0 Å². The lowest BCUT2D eigenvalue weighted by molar-refractivity contribution is 0.365. The third-order valence-corrected chi connectivity index (χ3v) is 9.79. The first-order valence-electron chi connectivity index (χ1n) is 12.4. The van der Waals surface area contributed by atoms with Crippen LogP contribution in [0.5, 0.6) is 0 Å². The van der Waals surface area contributed by atoms with Crippen molar-refractivity contribution in [1.82, 2.24) is 12.9 Å². The maximum Gasteiger partial charge on any atom is 0.127 e. The topological polar surface area (TPSA) is 60.9 Å². The van der Waals surface area contributed by atoms with Crippen LogP contribution in [0.1, 0.15) is 33.6 Å². The van der Waals surface area contributed by atoms with E-state index in [1.807, 2.05) is 105 Å². The molecular weight excluding hydrogens is 535 g/mol. The normalized spacial score (nSPS) is 15.6. The third-order valence-electron chi connectivity index (χ3n) is 5.44.